The van der Waals surface area contributed by atoms with Gasteiger partial charge in [-0.25, -0.2) is 0 Å². The van der Waals surface area contributed by atoms with Crippen molar-refractivity contribution in [3.8, 4) is 0 Å². The predicted molar refractivity (Wildman–Crippen MR) is 41.3 cm³/mol. The molecular weight excluding hydrogens is 108 g/mol. The van der Waals surface area contributed by atoms with E-state index in [2.05, 4.69) is 20.8 Å². The van der Waals surface area contributed by atoms with Crippen molar-refractivity contribution < 1.29 is 0 Å². The van der Waals surface area contributed by atoms with Crippen molar-refractivity contribution in [1.29, 1.82) is 0 Å². The van der Waals surface area contributed by atoms with E-state index in [-0.39, 0.29) is 0 Å². The molecule has 1 fully saturated rings. The van der Waals surface area contributed by atoms with Crippen molar-refractivity contribution in [3.63, 3.8) is 0 Å². The molecule has 0 amide bonds. The van der Waals surface area contributed by atoms with Crippen LogP contribution in [-0.2, 0) is 0 Å². The molecule has 1 rings (SSSR count). The van der Waals surface area contributed by atoms with Crippen LogP contribution in [0.1, 0.15) is 40.0 Å². The summed E-state index contributed by atoms with van der Waals surface area (Å²) in [5, 5.41) is 0. The predicted octanol–water partition coefficient (Wildman–Crippen LogP) is 3.08. The Morgan fingerprint density at radius 3 is 2.11 bits per heavy atom. The molecule has 0 aliphatic heterocycles. The van der Waals surface area contributed by atoms with Gasteiger partial charge in [0, 0.05) is 0 Å². The third-order valence-corrected chi connectivity index (χ3v) is 3.16. The summed E-state index contributed by atoms with van der Waals surface area (Å²) in [6.45, 7) is 7.12. The Hall–Kier alpha value is 0. The van der Waals surface area contributed by atoms with Gasteiger partial charge in [-0.1, -0.05) is 33.6 Å². The van der Waals surface area contributed by atoms with Crippen LogP contribution in [0, 0.1) is 17.8 Å². The third kappa shape index (κ3) is 1.28. The number of hydrogen-bond donors (Lipinski definition) is 0. The van der Waals surface area contributed by atoms with Crippen LogP contribution in [0.15, 0.2) is 0 Å². The van der Waals surface area contributed by atoms with E-state index in [4.69, 9.17) is 0 Å². The molecule has 9 heavy (non-hydrogen) atoms. The van der Waals surface area contributed by atoms with Gasteiger partial charge in [-0.15, -0.1) is 0 Å². The smallest absolute Gasteiger partial charge is 0.0388 e. The molecule has 0 aromatic rings. The molecule has 1 aliphatic rings. The maximum absolute atomic E-state index is 2.41. The molecule has 54 valence electrons. The fraction of sp³-hybridized carbons (Fsp3) is 1.00. The van der Waals surface area contributed by atoms with Crippen LogP contribution in [-0.4, -0.2) is 0 Å². The van der Waals surface area contributed by atoms with E-state index in [1.807, 2.05) is 0 Å². The van der Waals surface area contributed by atoms with Gasteiger partial charge in [-0.2, -0.15) is 0 Å². The second kappa shape index (κ2) is 2.72. The summed E-state index contributed by atoms with van der Waals surface area (Å²) in [7, 11) is 0. The molecule has 1 saturated carbocycles. The van der Waals surface area contributed by atoms with Gasteiger partial charge >= 0.3 is 0 Å². The van der Waals surface area contributed by atoms with E-state index in [0.717, 1.165) is 17.8 Å². The van der Waals surface area contributed by atoms with E-state index in [0.29, 0.717) is 0 Å². The maximum Gasteiger partial charge on any atom is -0.0388 e. The quantitative estimate of drug-likeness (QED) is 0.506. The molecule has 0 aromatic carbocycles. The normalized spacial score (nSPS) is 43.7. The summed E-state index contributed by atoms with van der Waals surface area (Å²) in [4.78, 5) is 0. The molecule has 0 radical (unpaired) electrons. The highest BCUT2D eigenvalue weighted by atomic mass is 14.3. The Morgan fingerprint density at radius 1 is 1.22 bits per heavy atom. The lowest BCUT2D eigenvalue weighted by Crippen LogP contribution is -2.07. The largest absolute Gasteiger partial charge is 0.0651 e. The zero-order valence-electron chi connectivity index (χ0n) is 6.85. The van der Waals surface area contributed by atoms with Gasteiger partial charge in [-0.05, 0) is 24.2 Å². The molecule has 0 nitrogen and oxygen atoms in total. The molecule has 0 N–H and O–H groups in total. The average Bonchev–Trinajstić information content (AvgIpc) is 2.15. The van der Waals surface area contributed by atoms with Crippen LogP contribution in [0.2, 0.25) is 0 Å². The second-order valence-corrected chi connectivity index (χ2v) is 3.58. The fourth-order valence-corrected chi connectivity index (χ4v) is 2.04. The minimum Gasteiger partial charge on any atom is -0.0651 e. The lowest BCUT2D eigenvalue weighted by atomic mass is 9.91. The van der Waals surface area contributed by atoms with Gasteiger partial charge in [0.05, 0.1) is 0 Å². The van der Waals surface area contributed by atoms with E-state index in [9.17, 15) is 0 Å². The Morgan fingerprint density at radius 2 is 1.89 bits per heavy atom. The van der Waals surface area contributed by atoms with Crippen LogP contribution in [0.4, 0.5) is 0 Å². The minimum atomic E-state index is 0.995. The first kappa shape index (κ1) is 7.11. The minimum absolute atomic E-state index is 0.995. The maximum atomic E-state index is 2.41. The Kier molecular flexibility index (Phi) is 2.15. The highest BCUT2D eigenvalue weighted by Crippen LogP contribution is 2.37. The van der Waals surface area contributed by atoms with Crippen molar-refractivity contribution in [2.45, 2.75) is 40.0 Å². The van der Waals surface area contributed by atoms with Gasteiger partial charge in [0.1, 0.15) is 0 Å². The molecule has 0 spiro atoms. The van der Waals surface area contributed by atoms with Gasteiger partial charge in [-0.3, -0.25) is 0 Å². The van der Waals surface area contributed by atoms with E-state index >= 15 is 0 Å². The summed E-state index contributed by atoms with van der Waals surface area (Å²) >= 11 is 0. The van der Waals surface area contributed by atoms with E-state index < -0.39 is 0 Å². The summed E-state index contributed by atoms with van der Waals surface area (Å²) in [6.07, 6.45) is 4.35. The molecule has 1 aliphatic carbocycles. The molecule has 0 heteroatoms. The van der Waals surface area contributed by atoms with Gasteiger partial charge < -0.3 is 0 Å². The van der Waals surface area contributed by atoms with Crippen molar-refractivity contribution >= 4 is 0 Å². The second-order valence-electron chi connectivity index (χ2n) is 3.58. The van der Waals surface area contributed by atoms with Crippen molar-refractivity contribution in [3.05, 3.63) is 0 Å². The van der Waals surface area contributed by atoms with Gasteiger partial charge in [0.25, 0.3) is 0 Å². The molecule has 0 unspecified atom stereocenters. The molecule has 0 saturated heterocycles. The van der Waals surface area contributed by atoms with E-state index in [1.54, 1.807) is 0 Å². The SMILES string of the molecule is CC[C@H]1CC[C@@H](C)[C@@H]1C. The zero-order chi connectivity index (χ0) is 6.85. The van der Waals surface area contributed by atoms with E-state index in [1.165, 1.54) is 19.3 Å². The molecule has 0 aromatic heterocycles. The van der Waals surface area contributed by atoms with Gasteiger partial charge in [0.2, 0.25) is 0 Å². The van der Waals surface area contributed by atoms with Crippen LogP contribution < -0.4 is 0 Å². The highest BCUT2D eigenvalue weighted by molar-refractivity contribution is 4.78. The van der Waals surface area contributed by atoms with Crippen LogP contribution in [0.25, 0.3) is 0 Å². The Labute approximate surface area is 58.7 Å². The summed E-state index contributed by atoms with van der Waals surface area (Å²) < 4.78 is 0. The first-order valence-corrected chi connectivity index (χ1v) is 4.25. The Balaban J connectivity index is 2.41. The first-order chi connectivity index (χ1) is 4.25. The zero-order valence-corrected chi connectivity index (χ0v) is 6.85. The van der Waals surface area contributed by atoms with Crippen molar-refractivity contribution in [1.82, 2.24) is 0 Å². The lowest BCUT2D eigenvalue weighted by Gasteiger charge is -2.15. The molecule has 0 heterocycles. The molecular formula is C9H18. The monoisotopic (exact) mass is 126 g/mol. The third-order valence-electron chi connectivity index (χ3n) is 3.16. The van der Waals surface area contributed by atoms with Crippen molar-refractivity contribution in [2.75, 3.05) is 0 Å². The van der Waals surface area contributed by atoms with Crippen LogP contribution in [0.5, 0.6) is 0 Å². The standard InChI is InChI=1S/C9H18/c1-4-9-6-5-7(2)8(9)3/h7-9H,4-6H2,1-3H3/t7-,8+,9+/m1/s1. The molecule has 3 atom stereocenters. The average molecular weight is 126 g/mol. The summed E-state index contributed by atoms with van der Waals surface area (Å²) in [5.41, 5.74) is 0. The topological polar surface area (TPSA) is 0 Å². The number of hydrogen-bond acceptors (Lipinski definition) is 0. The summed E-state index contributed by atoms with van der Waals surface area (Å²) in [5.74, 6) is 3.03. The van der Waals surface area contributed by atoms with Gasteiger partial charge in [0.15, 0.2) is 0 Å². The lowest BCUT2D eigenvalue weighted by molar-refractivity contribution is 0.349. The first-order valence-electron chi connectivity index (χ1n) is 4.25. The highest BCUT2D eigenvalue weighted by Gasteiger charge is 2.27. The summed E-state index contributed by atoms with van der Waals surface area (Å²) in [6, 6.07) is 0. The number of rotatable bonds is 1. The fourth-order valence-electron chi connectivity index (χ4n) is 2.04. The van der Waals surface area contributed by atoms with Crippen molar-refractivity contribution in [2.24, 2.45) is 17.8 Å². The van der Waals surface area contributed by atoms with Crippen LogP contribution >= 0.6 is 0 Å². The molecule has 0 bridgehead atoms. The Bertz CT molecular complexity index is 86.0. The van der Waals surface area contributed by atoms with Crippen LogP contribution in [0.3, 0.4) is 0 Å².